The molecule has 0 radical (unpaired) electrons. The van der Waals surface area contributed by atoms with Crippen LogP contribution in [0.5, 0.6) is 0 Å². The Morgan fingerprint density at radius 3 is 2.53 bits per heavy atom. The molecule has 0 N–H and O–H groups in total. The molecule has 1 aromatic carbocycles. The first-order valence-corrected chi connectivity index (χ1v) is 11.1. The highest BCUT2D eigenvalue weighted by Gasteiger charge is 2.37. The topological polar surface area (TPSA) is 68.3 Å². The van der Waals surface area contributed by atoms with Crippen LogP contribution in [0.3, 0.4) is 0 Å². The minimum Gasteiger partial charge on any atom is -0.378 e. The lowest BCUT2D eigenvalue weighted by molar-refractivity contribution is -0.158. The number of carbonyl (C=O) groups excluding carboxylic acids is 2. The number of morpholine rings is 2. The third-order valence-corrected chi connectivity index (χ3v) is 7.00. The van der Waals surface area contributed by atoms with Crippen LogP contribution >= 0.6 is 11.3 Å². The van der Waals surface area contributed by atoms with Crippen LogP contribution < -0.4 is 0 Å². The molecule has 1 unspecified atom stereocenters. The number of ether oxygens (including phenoxy) is 3. The summed E-state index contributed by atoms with van der Waals surface area (Å²) in [5.74, 6) is -0.0577. The lowest BCUT2D eigenvalue weighted by Gasteiger charge is -2.37. The van der Waals surface area contributed by atoms with Crippen molar-refractivity contribution in [2.45, 2.75) is 25.6 Å². The number of fused-ring (bicyclic) bond motifs is 1. The summed E-state index contributed by atoms with van der Waals surface area (Å²) in [5.41, 5.74) is -0.00905. The molecule has 8 heteroatoms. The zero-order chi connectivity index (χ0) is 21.3. The van der Waals surface area contributed by atoms with Gasteiger partial charge < -0.3 is 24.0 Å². The highest BCUT2D eigenvalue weighted by molar-refractivity contribution is 7.21. The number of hydrogen-bond donors (Lipinski definition) is 0. The van der Waals surface area contributed by atoms with Gasteiger partial charge in [0, 0.05) is 37.0 Å². The second-order valence-electron chi connectivity index (χ2n) is 8.07. The van der Waals surface area contributed by atoms with Crippen molar-refractivity contribution in [3.05, 3.63) is 34.7 Å². The van der Waals surface area contributed by atoms with Crippen molar-refractivity contribution >= 4 is 33.2 Å². The zero-order valence-electron chi connectivity index (χ0n) is 17.7. The molecule has 7 nitrogen and oxygen atoms in total. The number of nitrogens with zero attached hydrogens (tertiary/aromatic N) is 2. The molecule has 2 aliphatic heterocycles. The molecule has 0 aliphatic carbocycles. The average molecular weight is 433 g/mol. The number of methoxy groups -OCH3 is 1. The molecule has 30 heavy (non-hydrogen) atoms. The highest BCUT2D eigenvalue weighted by atomic mass is 32.1. The van der Waals surface area contributed by atoms with Crippen LogP contribution in [0.25, 0.3) is 10.1 Å². The van der Waals surface area contributed by atoms with Gasteiger partial charge in [0.15, 0.2) is 0 Å². The van der Waals surface area contributed by atoms with Crippen LogP contribution in [-0.2, 0) is 19.0 Å². The van der Waals surface area contributed by atoms with Crippen molar-refractivity contribution in [2.24, 2.45) is 0 Å². The Balaban J connectivity index is 1.69. The minimum absolute atomic E-state index is 0.0128. The fraction of sp³-hybridized carbons (Fsp3) is 0.545. The summed E-state index contributed by atoms with van der Waals surface area (Å²) in [5, 5.41) is 1.02. The number of amides is 2. The average Bonchev–Trinajstić information content (AvgIpc) is 3.18. The molecule has 1 aromatic heterocycles. The van der Waals surface area contributed by atoms with Crippen LogP contribution in [0.1, 0.15) is 35.2 Å². The van der Waals surface area contributed by atoms with Gasteiger partial charge in [-0.05, 0) is 25.3 Å². The van der Waals surface area contributed by atoms with Gasteiger partial charge in [0.1, 0.15) is 11.7 Å². The lowest BCUT2D eigenvalue weighted by atomic mass is 10.0. The molecular formula is C22H28N2O5S. The largest absolute Gasteiger partial charge is 0.378 e. The number of thiophene rings is 1. The van der Waals surface area contributed by atoms with E-state index in [0.29, 0.717) is 50.9 Å². The highest BCUT2D eigenvalue weighted by Crippen LogP contribution is 2.39. The summed E-state index contributed by atoms with van der Waals surface area (Å²) < 4.78 is 18.0. The third kappa shape index (κ3) is 3.97. The molecule has 2 aliphatic rings. The predicted octanol–water partition coefficient (Wildman–Crippen LogP) is 2.70. The lowest BCUT2D eigenvalue weighted by Crippen LogP contribution is -2.51. The zero-order valence-corrected chi connectivity index (χ0v) is 18.5. The van der Waals surface area contributed by atoms with Gasteiger partial charge in [-0.3, -0.25) is 9.59 Å². The maximum Gasteiger partial charge on any atom is 0.264 e. The quantitative estimate of drug-likeness (QED) is 0.743. The Labute approximate surface area is 180 Å². The van der Waals surface area contributed by atoms with Gasteiger partial charge in [-0.15, -0.1) is 11.3 Å². The molecular weight excluding hydrogens is 404 g/mol. The summed E-state index contributed by atoms with van der Waals surface area (Å²) >= 11 is 1.50. The van der Waals surface area contributed by atoms with Gasteiger partial charge in [0.25, 0.3) is 11.8 Å². The molecule has 162 valence electrons. The molecule has 0 bridgehead atoms. The summed E-state index contributed by atoms with van der Waals surface area (Å²) in [7, 11) is 1.54. The molecule has 2 amide bonds. The van der Waals surface area contributed by atoms with Crippen molar-refractivity contribution in [3.63, 3.8) is 0 Å². The molecule has 2 saturated heterocycles. The Morgan fingerprint density at radius 2 is 1.80 bits per heavy atom. The third-order valence-electron chi connectivity index (χ3n) is 5.83. The second-order valence-corrected chi connectivity index (χ2v) is 9.12. The fourth-order valence-corrected chi connectivity index (χ4v) is 5.15. The van der Waals surface area contributed by atoms with Gasteiger partial charge in [-0.25, -0.2) is 0 Å². The van der Waals surface area contributed by atoms with E-state index in [0.717, 1.165) is 15.6 Å². The van der Waals surface area contributed by atoms with E-state index in [2.05, 4.69) is 0 Å². The minimum atomic E-state index is -0.898. The first-order chi connectivity index (χ1) is 14.4. The van der Waals surface area contributed by atoms with Crippen molar-refractivity contribution in [3.8, 4) is 0 Å². The maximum atomic E-state index is 13.4. The van der Waals surface area contributed by atoms with E-state index in [1.807, 2.05) is 29.2 Å². The second kappa shape index (κ2) is 8.63. The normalized spacial score (nSPS) is 20.6. The standard InChI is InChI=1S/C22H28N2O5S/c1-22(2,27-3)21(26)24-10-13-29-16(14-24)18-15-6-4-5-7-17(15)30-19(18)20(25)23-8-11-28-12-9-23/h4-7,16H,8-14H2,1-3H3. The van der Waals surface area contributed by atoms with E-state index in [-0.39, 0.29) is 17.9 Å². The summed E-state index contributed by atoms with van der Waals surface area (Å²) in [6.45, 7) is 7.16. The number of hydrogen-bond acceptors (Lipinski definition) is 6. The van der Waals surface area contributed by atoms with E-state index in [1.54, 1.807) is 25.9 Å². The Hall–Kier alpha value is -2.00. The van der Waals surface area contributed by atoms with Crippen LogP contribution in [-0.4, -0.2) is 80.3 Å². The smallest absolute Gasteiger partial charge is 0.264 e. The summed E-state index contributed by atoms with van der Waals surface area (Å²) in [4.78, 5) is 30.7. The number of rotatable bonds is 4. The monoisotopic (exact) mass is 432 g/mol. The van der Waals surface area contributed by atoms with Gasteiger partial charge in [0.05, 0.1) is 31.2 Å². The SMILES string of the molecule is COC(C)(C)C(=O)N1CCOC(c2c(C(=O)N3CCOCC3)sc3ccccc23)C1. The van der Waals surface area contributed by atoms with E-state index in [4.69, 9.17) is 14.2 Å². The van der Waals surface area contributed by atoms with Crippen LogP contribution in [0.2, 0.25) is 0 Å². The Bertz CT molecular complexity index is 935. The van der Waals surface area contributed by atoms with Crippen LogP contribution in [0.4, 0.5) is 0 Å². The Kier molecular flexibility index (Phi) is 6.11. The van der Waals surface area contributed by atoms with E-state index < -0.39 is 5.60 Å². The van der Waals surface area contributed by atoms with Gasteiger partial charge in [0.2, 0.25) is 0 Å². The van der Waals surface area contributed by atoms with Crippen molar-refractivity contribution in [1.82, 2.24) is 9.80 Å². The summed E-state index contributed by atoms with van der Waals surface area (Å²) in [6, 6.07) is 8.01. The van der Waals surface area contributed by atoms with Crippen molar-refractivity contribution in [1.29, 1.82) is 0 Å². The van der Waals surface area contributed by atoms with Gasteiger partial charge in [-0.1, -0.05) is 18.2 Å². The molecule has 1 atom stereocenters. The van der Waals surface area contributed by atoms with Crippen LogP contribution in [0.15, 0.2) is 24.3 Å². The maximum absolute atomic E-state index is 13.4. The van der Waals surface area contributed by atoms with E-state index in [9.17, 15) is 9.59 Å². The molecule has 2 fully saturated rings. The first kappa shape index (κ1) is 21.2. The molecule has 4 rings (SSSR count). The first-order valence-electron chi connectivity index (χ1n) is 10.3. The van der Waals surface area contributed by atoms with Crippen LogP contribution in [0, 0.1) is 0 Å². The summed E-state index contributed by atoms with van der Waals surface area (Å²) in [6.07, 6.45) is -0.355. The fourth-order valence-electron chi connectivity index (χ4n) is 3.93. The number of carbonyl (C=O) groups is 2. The van der Waals surface area contributed by atoms with E-state index in [1.165, 1.54) is 11.3 Å². The molecule has 2 aromatic rings. The van der Waals surface area contributed by atoms with Gasteiger partial charge in [-0.2, -0.15) is 0 Å². The number of benzene rings is 1. The Morgan fingerprint density at radius 1 is 1.10 bits per heavy atom. The van der Waals surface area contributed by atoms with Crippen molar-refractivity contribution in [2.75, 3.05) is 53.1 Å². The molecule has 0 spiro atoms. The predicted molar refractivity (Wildman–Crippen MR) is 115 cm³/mol. The van der Waals surface area contributed by atoms with Crippen molar-refractivity contribution < 1.29 is 23.8 Å². The van der Waals surface area contributed by atoms with E-state index >= 15 is 0 Å². The molecule has 3 heterocycles. The van der Waals surface area contributed by atoms with Gasteiger partial charge >= 0.3 is 0 Å². The molecule has 0 saturated carbocycles.